The highest BCUT2D eigenvalue weighted by atomic mass is 16.5. The van der Waals surface area contributed by atoms with Crippen molar-refractivity contribution >= 4 is 22.5 Å². The maximum absolute atomic E-state index is 12.3. The monoisotopic (exact) mass is 320 g/mol. The van der Waals surface area contributed by atoms with Gasteiger partial charge in [0.05, 0.1) is 24.0 Å². The molecule has 1 amide bonds. The molecule has 122 valence electrons. The predicted octanol–water partition coefficient (Wildman–Crippen LogP) is 4.67. The average Bonchev–Trinajstić information content (AvgIpc) is 2.62. The zero-order valence-corrected chi connectivity index (χ0v) is 13.7. The first-order valence-electron chi connectivity index (χ1n) is 8.15. The molecule has 0 saturated carbocycles. The third-order valence-corrected chi connectivity index (χ3v) is 3.73. The van der Waals surface area contributed by atoms with Gasteiger partial charge in [-0.25, -0.2) is 0 Å². The summed E-state index contributed by atoms with van der Waals surface area (Å²) in [6.07, 6.45) is 3.79. The summed E-state index contributed by atoms with van der Waals surface area (Å²) in [6, 6.07) is 16.9. The second-order valence-electron chi connectivity index (χ2n) is 5.60. The van der Waals surface area contributed by atoms with E-state index in [0.717, 1.165) is 29.5 Å². The van der Waals surface area contributed by atoms with E-state index in [0.29, 0.717) is 17.9 Å². The Labute approximate surface area is 141 Å². The lowest BCUT2D eigenvalue weighted by molar-refractivity contribution is 0.102. The number of carbonyl (C=O) groups is 1. The number of rotatable bonds is 6. The maximum atomic E-state index is 12.3. The van der Waals surface area contributed by atoms with E-state index in [1.54, 1.807) is 18.3 Å². The van der Waals surface area contributed by atoms with Crippen molar-refractivity contribution in [3.63, 3.8) is 0 Å². The van der Waals surface area contributed by atoms with Gasteiger partial charge in [-0.3, -0.25) is 9.78 Å². The van der Waals surface area contributed by atoms with E-state index in [9.17, 15) is 4.79 Å². The van der Waals surface area contributed by atoms with Crippen LogP contribution in [0.3, 0.4) is 0 Å². The third-order valence-electron chi connectivity index (χ3n) is 3.73. The minimum absolute atomic E-state index is 0.160. The number of carbonyl (C=O) groups excluding carboxylic acids is 1. The van der Waals surface area contributed by atoms with E-state index in [4.69, 9.17) is 4.74 Å². The van der Waals surface area contributed by atoms with Crippen LogP contribution in [0.2, 0.25) is 0 Å². The van der Waals surface area contributed by atoms with Gasteiger partial charge in [-0.2, -0.15) is 0 Å². The van der Waals surface area contributed by atoms with Crippen LogP contribution in [0.1, 0.15) is 30.1 Å². The highest BCUT2D eigenvalue weighted by Gasteiger charge is 2.07. The molecule has 4 nitrogen and oxygen atoms in total. The first-order valence-corrected chi connectivity index (χ1v) is 8.15. The molecule has 1 N–H and O–H groups in total. The van der Waals surface area contributed by atoms with Crippen molar-refractivity contribution in [2.75, 3.05) is 11.9 Å². The smallest absolute Gasteiger partial charge is 0.255 e. The lowest BCUT2D eigenvalue weighted by Crippen LogP contribution is -2.12. The Hall–Kier alpha value is -2.88. The molecule has 0 spiro atoms. The summed E-state index contributed by atoms with van der Waals surface area (Å²) in [5.74, 6) is 0.625. The molecule has 0 atom stereocenters. The molecule has 0 radical (unpaired) electrons. The number of unbranched alkanes of at least 4 members (excludes halogenated alkanes) is 1. The Kier molecular flexibility index (Phi) is 5.06. The van der Waals surface area contributed by atoms with Crippen molar-refractivity contribution in [2.24, 2.45) is 0 Å². The van der Waals surface area contributed by atoms with Gasteiger partial charge in [0, 0.05) is 10.9 Å². The third kappa shape index (κ3) is 3.90. The molecule has 0 aliphatic carbocycles. The van der Waals surface area contributed by atoms with E-state index in [1.165, 1.54) is 0 Å². The van der Waals surface area contributed by atoms with Gasteiger partial charge in [0.1, 0.15) is 5.75 Å². The van der Waals surface area contributed by atoms with Crippen molar-refractivity contribution in [3.8, 4) is 5.75 Å². The van der Waals surface area contributed by atoms with Gasteiger partial charge in [0.15, 0.2) is 0 Å². The molecule has 24 heavy (non-hydrogen) atoms. The van der Waals surface area contributed by atoms with Gasteiger partial charge in [-0.1, -0.05) is 31.5 Å². The minimum Gasteiger partial charge on any atom is -0.494 e. The summed E-state index contributed by atoms with van der Waals surface area (Å²) >= 11 is 0. The number of benzene rings is 2. The highest BCUT2D eigenvalue weighted by molar-refractivity contribution is 6.04. The largest absolute Gasteiger partial charge is 0.494 e. The summed E-state index contributed by atoms with van der Waals surface area (Å²) in [7, 11) is 0. The second kappa shape index (κ2) is 7.59. The molecule has 0 aliphatic rings. The number of hydrogen-bond acceptors (Lipinski definition) is 3. The van der Waals surface area contributed by atoms with Crippen LogP contribution in [0.5, 0.6) is 5.75 Å². The number of nitrogens with zero attached hydrogens (tertiary/aromatic N) is 1. The molecule has 0 unspecified atom stereocenters. The summed E-state index contributed by atoms with van der Waals surface area (Å²) in [5.41, 5.74) is 2.18. The standard InChI is InChI=1S/C20H20N2O2/c1-2-3-12-24-18-10-8-15(9-11-18)20(23)22-17-13-16-6-4-5-7-19(16)21-14-17/h4-11,13-14H,2-3,12H2,1H3,(H,22,23). The van der Waals surface area contributed by atoms with Crippen molar-refractivity contribution in [2.45, 2.75) is 19.8 Å². The number of aromatic nitrogens is 1. The van der Waals surface area contributed by atoms with Gasteiger partial charge in [0.2, 0.25) is 0 Å². The first-order chi connectivity index (χ1) is 11.8. The Morgan fingerprint density at radius 2 is 1.92 bits per heavy atom. The number of pyridine rings is 1. The van der Waals surface area contributed by atoms with Crippen LogP contribution in [-0.2, 0) is 0 Å². The molecule has 3 aromatic rings. The molecular weight excluding hydrogens is 300 g/mol. The van der Waals surface area contributed by atoms with Crippen LogP contribution in [0.4, 0.5) is 5.69 Å². The lowest BCUT2D eigenvalue weighted by atomic mass is 10.2. The van der Waals surface area contributed by atoms with Crippen LogP contribution < -0.4 is 10.1 Å². The molecule has 1 aromatic heterocycles. The number of hydrogen-bond donors (Lipinski definition) is 1. The Morgan fingerprint density at radius 1 is 1.12 bits per heavy atom. The van der Waals surface area contributed by atoms with Gasteiger partial charge >= 0.3 is 0 Å². The quantitative estimate of drug-likeness (QED) is 0.672. The number of para-hydroxylation sites is 1. The lowest BCUT2D eigenvalue weighted by Gasteiger charge is -2.08. The topological polar surface area (TPSA) is 51.2 Å². The number of amides is 1. The first kappa shape index (κ1) is 16.0. The zero-order valence-electron chi connectivity index (χ0n) is 13.7. The number of anilines is 1. The fourth-order valence-electron chi connectivity index (χ4n) is 2.38. The summed E-state index contributed by atoms with van der Waals surface area (Å²) in [6.45, 7) is 2.82. The van der Waals surface area contributed by atoms with E-state index in [1.807, 2.05) is 42.5 Å². The van der Waals surface area contributed by atoms with Crippen LogP contribution >= 0.6 is 0 Å². The van der Waals surface area contributed by atoms with Crippen molar-refractivity contribution in [1.82, 2.24) is 4.98 Å². The van der Waals surface area contributed by atoms with E-state index < -0.39 is 0 Å². The van der Waals surface area contributed by atoms with E-state index in [-0.39, 0.29) is 5.91 Å². The minimum atomic E-state index is -0.160. The van der Waals surface area contributed by atoms with Gasteiger partial charge in [-0.05, 0) is 42.8 Å². The van der Waals surface area contributed by atoms with Crippen molar-refractivity contribution in [3.05, 3.63) is 66.4 Å². The Bertz CT molecular complexity index is 828. The SMILES string of the molecule is CCCCOc1ccc(C(=O)Nc2cnc3ccccc3c2)cc1. The fraction of sp³-hybridized carbons (Fsp3) is 0.200. The molecule has 1 heterocycles. The molecule has 0 aliphatic heterocycles. The zero-order chi connectivity index (χ0) is 16.8. The van der Waals surface area contributed by atoms with Crippen LogP contribution in [-0.4, -0.2) is 17.5 Å². The molecule has 4 heteroatoms. The van der Waals surface area contributed by atoms with E-state index in [2.05, 4.69) is 17.2 Å². The second-order valence-corrected chi connectivity index (χ2v) is 5.60. The summed E-state index contributed by atoms with van der Waals surface area (Å²) in [5, 5.41) is 3.88. The molecule has 0 fully saturated rings. The van der Waals surface area contributed by atoms with Crippen LogP contribution in [0.25, 0.3) is 10.9 Å². The molecule has 0 saturated heterocycles. The van der Waals surface area contributed by atoms with Crippen LogP contribution in [0, 0.1) is 0 Å². The Morgan fingerprint density at radius 3 is 2.71 bits per heavy atom. The number of nitrogens with one attached hydrogen (secondary N) is 1. The Balaban J connectivity index is 1.67. The van der Waals surface area contributed by atoms with Gasteiger partial charge in [0.25, 0.3) is 5.91 Å². The molecule has 0 bridgehead atoms. The summed E-state index contributed by atoms with van der Waals surface area (Å²) < 4.78 is 5.61. The fourth-order valence-corrected chi connectivity index (χ4v) is 2.38. The van der Waals surface area contributed by atoms with Crippen molar-refractivity contribution in [1.29, 1.82) is 0 Å². The molecule has 3 rings (SSSR count). The maximum Gasteiger partial charge on any atom is 0.255 e. The normalized spacial score (nSPS) is 10.5. The van der Waals surface area contributed by atoms with Gasteiger partial charge < -0.3 is 10.1 Å². The van der Waals surface area contributed by atoms with Crippen molar-refractivity contribution < 1.29 is 9.53 Å². The van der Waals surface area contributed by atoms with Crippen LogP contribution in [0.15, 0.2) is 60.8 Å². The summed E-state index contributed by atoms with van der Waals surface area (Å²) in [4.78, 5) is 16.7. The molecular formula is C20H20N2O2. The van der Waals surface area contributed by atoms with E-state index >= 15 is 0 Å². The average molecular weight is 320 g/mol. The highest BCUT2D eigenvalue weighted by Crippen LogP contribution is 2.18. The van der Waals surface area contributed by atoms with Gasteiger partial charge in [-0.15, -0.1) is 0 Å². The number of ether oxygens (including phenoxy) is 1. The molecule has 2 aromatic carbocycles. The predicted molar refractivity (Wildman–Crippen MR) is 96.5 cm³/mol. The number of fused-ring (bicyclic) bond motifs is 1.